The van der Waals surface area contributed by atoms with Gasteiger partial charge in [0.05, 0.1) is 19.3 Å². The molecule has 20 heavy (non-hydrogen) atoms. The van der Waals surface area contributed by atoms with E-state index in [1.165, 1.54) is 18.0 Å². The van der Waals surface area contributed by atoms with Crippen molar-refractivity contribution in [1.29, 1.82) is 0 Å². The second-order valence-electron chi connectivity index (χ2n) is 4.85. The molecule has 2 rings (SSSR count). The summed E-state index contributed by atoms with van der Waals surface area (Å²) in [6.07, 6.45) is 0. The number of aryl methyl sites for hydroxylation is 1. The largest absolute Gasteiger partial charge is 0.481 e. The standard InChI is InChI=1S/C13H16N2O5/c1-7-3-4-8(11(16)14-7)12(17)15(2)10-6-20-5-9(10)13(18)19/h3-4,9-10H,5-6H2,1-2H3,(H,14,16)(H,18,19). The van der Waals surface area contributed by atoms with E-state index in [1.54, 1.807) is 13.0 Å². The van der Waals surface area contributed by atoms with Crippen molar-refractivity contribution < 1.29 is 19.4 Å². The summed E-state index contributed by atoms with van der Waals surface area (Å²) >= 11 is 0. The quantitative estimate of drug-likeness (QED) is 0.802. The Hall–Kier alpha value is -2.15. The Morgan fingerprint density at radius 2 is 2.10 bits per heavy atom. The highest BCUT2D eigenvalue weighted by Crippen LogP contribution is 2.20. The summed E-state index contributed by atoms with van der Waals surface area (Å²) in [7, 11) is 1.48. The second kappa shape index (κ2) is 5.46. The first-order valence-electron chi connectivity index (χ1n) is 6.19. The first-order chi connectivity index (χ1) is 9.41. The van der Waals surface area contributed by atoms with Crippen molar-refractivity contribution in [3.63, 3.8) is 0 Å². The minimum atomic E-state index is -1.01. The number of nitrogens with one attached hydrogen (secondary N) is 1. The molecule has 108 valence electrons. The Balaban J connectivity index is 2.24. The van der Waals surface area contributed by atoms with Gasteiger partial charge in [-0.1, -0.05) is 0 Å². The predicted molar refractivity (Wildman–Crippen MR) is 69.6 cm³/mol. The summed E-state index contributed by atoms with van der Waals surface area (Å²) in [5.41, 5.74) is 0.170. The van der Waals surface area contributed by atoms with Crippen molar-refractivity contribution in [3.05, 3.63) is 33.7 Å². The monoisotopic (exact) mass is 280 g/mol. The Morgan fingerprint density at radius 1 is 1.40 bits per heavy atom. The molecule has 7 nitrogen and oxygen atoms in total. The minimum Gasteiger partial charge on any atom is -0.481 e. The molecule has 1 aromatic rings. The van der Waals surface area contributed by atoms with Crippen LogP contribution in [0.1, 0.15) is 16.1 Å². The van der Waals surface area contributed by atoms with Crippen LogP contribution in [0.3, 0.4) is 0 Å². The highest BCUT2D eigenvalue weighted by atomic mass is 16.5. The molecule has 0 bridgehead atoms. The van der Waals surface area contributed by atoms with Crippen LogP contribution in [0.5, 0.6) is 0 Å². The van der Waals surface area contributed by atoms with Crippen molar-refractivity contribution >= 4 is 11.9 Å². The third kappa shape index (κ3) is 2.57. The lowest BCUT2D eigenvalue weighted by Gasteiger charge is -2.26. The van der Waals surface area contributed by atoms with Gasteiger partial charge in [-0.25, -0.2) is 0 Å². The fraction of sp³-hybridized carbons (Fsp3) is 0.462. The molecule has 1 saturated heterocycles. The van der Waals surface area contributed by atoms with Crippen LogP contribution >= 0.6 is 0 Å². The van der Waals surface area contributed by atoms with E-state index >= 15 is 0 Å². The first-order valence-corrected chi connectivity index (χ1v) is 6.19. The molecule has 1 aliphatic heterocycles. The van der Waals surface area contributed by atoms with Gasteiger partial charge in [-0.15, -0.1) is 0 Å². The third-order valence-electron chi connectivity index (χ3n) is 3.47. The van der Waals surface area contributed by atoms with E-state index in [4.69, 9.17) is 9.84 Å². The molecule has 7 heteroatoms. The van der Waals surface area contributed by atoms with Crippen LogP contribution in [0.4, 0.5) is 0 Å². The Kier molecular flexibility index (Phi) is 3.89. The van der Waals surface area contributed by atoms with Crippen LogP contribution in [0, 0.1) is 12.8 Å². The molecule has 0 aliphatic carbocycles. The number of aromatic nitrogens is 1. The Bertz CT molecular complexity index is 595. The summed E-state index contributed by atoms with van der Waals surface area (Å²) in [4.78, 5) is 39.0. The number of H-pyrrole nitrogens is 1. The topological polar surface area (TPSA) is 99.7 Å². The van der Waals surface area contributed by atoms with Crippen molar-refractivity contribution in [2.45, 2.75) is 13.0 Å². The number of carboxylic acids is 1. The maximum atomic E-state index is 12.3. The molecular formula is C13H16N2O5. The molecule has 0 radical (unpaired) electrons. The van der Waals surface area contributed by atoms with Gasteiger partial charge in [0.1, 0.15) is 11.5 Å². The maximum absolute atomic E-state index is 12.3. The molecule has 2 atom stereocenters. The molecule has 0 spiro atoms. The molecule has 2 unspecified atom stereocenters. The van der Waals surface area contributed by atoms with E-state index in [9.17, 15) is 14.4 Å². The zero-order chi connectivity index (χ0) is 14.9. The van der Waals surface area contributed by atoms with E-state index in [1.807, 2.05) is 0 Å². The molecule has 0 saturated carbocycles. The first kappa shape index (κ1) is 14.3. The van der Waals surface area contributed by atoms with E-state index in [2.05, 4.69) is 4.98 Å². The average molecular weight is 280 g/mol. The summed E-state index contributed by atoms with van der Waals surface area (Å²) in [6, 6.07) is 2.50. The van der Waals surface area contributed by atoms with Crippen LogP contribution in [-0.4, -0.2) is 53.2 Å². The predicted octanol–water partition coefficient (Wildman–Crippen LogP) is -0.145. The Labute approximate surface area is 115 Å². The number of hydrogen-bond donors (Lipinski definition) is 2. The number of likely N-dealkylation sites (N-methyl/N-ethyl adjacent to an activating group) is 1. The van der Waals surface area contributed by atoms with Gasteiger partial charge >= 0.3 is 5.97 Å². The van der Waals surface area contributed by atoms with Gasteiger partial charge in [0.15, 0.2) is 0 Å². The number of nitrogens with zero attached hydrogens (tertiary/aromatic N) is 1. The normalized spacial score (nSPS) is 21.7. The highest BCUT2D eigenvalue weighted by molar-refractivity contribution is 5.94. The molecule has 1 amide bonds. The number of hydrogen-bond acceptors (Lipinski definition) is 4. The summed E-state index contributed by atoms with van der Waals surface area (Å²) in [5, 5.41) is 9.09. The van der Waals surface area contributed by atoms with E-state index in [0.717, 1.165) is 0 Å². The fourth-order valence-corrected chi connectivity index (χ4v) is 2.24. The second-order valence-corrected chi connectivity index (χ2v) is 4.85. The van der Waals surface area contributed by atoms with Crippen LogP contribution in [0.25, 0.3) is 0 Å². The highest BCUT2D eigenvalue weighted by Gasteiger charge is 2.39. The van der Waals surface area contributed by atoms with E-state index in [0.29, 0.717) is 5.69 Å². The van der Waals surface area contributed by atoms with Gasteiger partial charge in [-0.3, -0.25) is 14.4 Å². The number of aromatic amines is 1. The van der Waals surface area contributed by atoms with Gasteiger partial charge in [0, 0.05) is 12.7 Å². The molecule has 1 fully saturated rings. The zero-order valence-corrected chi connectivity index (χ0v) is 11.3. The molecule has 2 heterocycles. The van der Waals surface area contributed by atoms with Crippen molar-refractivity contribution in [2.75, 3.05) is 20.3 Å². The van der Waals surface area contributed by atoms with Gasteiger partial charge in [0.2, 0.25) is 0 Å². The lowest BCUT2D eigenvalue weighted by Crippen LogP contribution is -2.45. The third-order valence-corrected chi connectivity index (χ3v) is 3.47. The van der Waals surface area contributed by atoms with Crippen molar-refractivity contribution in [3.8, 4) is 0 Å². The van der Waals surface area contributed by atoms with Gasteiger partial charge in [-0.05, 0) is 19.1 Å². The van der Waals surface area contributed by atoms with Crippen LogP contribution in [0.2, 0.25) is 0 Å². The number of rotatable bonds is 3. The van der Waals surface area contributed by atoms with Gasteiger partial charge in [0.25, 0.3) is 11.5 Å². The molecule has 1 aromatic heterocycles. The number of carbonyl (C=O) groups is 2. The number of amides is 1. The van der Waals surface area contributed by atoms with Crippen molar-refractivity contribution in [1.82, 2.24) is 9.88 Å². The lowest BCUT2D eigenvalue weighted by molar-refractivity contribution is -0.142. The van der Waals surface area contributed by atoms with Gasteiger partial charge < -0.3 is 19.7 Å². The molecular weight excluding hydrogens is 264 g/mol. The Morgan fingerprint density at radius 3 is 2.70 bits per heavy atom. The van der Waals surface area contributed by atoms with E-state index in [-0.39, 0.29) is 18.8 Å². The zero-order valence-electron chi connectivity index (χ0n) is 11.3. The van der Waals surface area contributed by atoms with Crippen LogP contribution in [0.15, 0.2) is 16.9 Å². The maximum Gasteiger partial charge on any atom is 0.311 e. The molecule has 2 N–H and O–H groups in total. The van der Waals surface area contributed by atoms with Crippen LogP contribution < -0.4 is 5.56 Å². The van der Waals surface area contributed by atoms with Gasteiger partial charge in [-0.2, -0.15) is 0 Å². The summed E-state index contributed by atoms with van der Waals surface area (Å²) < 4.78 is 5.13. The van der Waals surface area contributed by atoms with Crippen LogP contribution in [-0.2, 0) is 9.53 Å². The summed E-state index contributed by atoms with van der Waals surface area (Å²) in [5.74, 6) is -2.29. The number of pyridine rings is 1. The fourth-order valence-electron chi connectivity index (χ4n) is 2.24. The SMILES string of the molecule is Cc1ccc(C(=O)N(C)C2COCC2C(=O)O)c(=O)[nH]1. The van der Waals surface area contributed by atoms with Crippen molar-refractivity contribution in [2.24, 2.45) is 5.92 Å². The number of aliphatic carboxylic acids is 1. The molecule has 1 aliphatic rings. The number of carbonyl (C=O) groups excluding carboxylic acids is 1. The van der Waals surface area contributed by atoms with E-state index < -0.39 is 29.4 Å². The summed E-state index contributed by atoms with van der Waals surface area (Å²) in [6.45, 7) is 1.94. The number of ether oxygens (including phenoxy) is 1. The minimum absolute atomic E-state index is 0.00543. The smallest absolute Gasteiger partial charge is 0.311 e. The molecule has 0 aromatic carbocycles. The number of carboxylic acid groups (broad SMARTS) is 1. The lowest BCUT2D eigenvalue weighted by atomic mass is 10.0. The average Bonchev–Trinajstić information content (AvgIpc) is 2.86.